The fraction of sp³-hybridized carbons (Fsp3) is 0.500. The normalized spacial score (nSPS) is 13.8. The summed E-state index contributed by atoms with van der Waals surface area (Å²) < 4.78 is 26.7. The summed E-state index contributed by atoms with van der Waals surface area (Å²) >= 11 is 0. The van der Waals surface area contributed by atoms with E-state index in [0.717, 1.165) is 5.56 Å². The third-order valence-corrected chi connectivity index (χ3v) is 4.25. The van der Waals surface area contributed by atoms with Crippen molar-refractivity contribution in [2.24, 2.45) is 5.73 Å². The number of benzene rings is 1. The minimum atomic E-state index is -3.74. The predicted octanol–water partition coefficient (Wildman–Crippen LogP) is 0.727. The van der Waals surface area contributed by atoms with E-state index in [1.165, 1.54) is 19.1 Å². The molecule has 0 radical (unpaired) electrons. The Morgan fingerprint density at radius 1 is 1.24 bits per heavy atom. The topological polar surface area (TPSA) is 101 Å². The zero-order chi connectivity index (χ0) is 16.3. The molecular formula is C14H23N3O3S. The molecule has 0 aliphatic heterocycles. The van der Waals surface area contributed by atoms with Crippen LogP contribution in [0.4, 0.5) is 0 Å². The average molecular weight is 313 g/mol. The average Bonchev–Trinajstić information content (AvgIpc) is 2.36. The van der Waals surface area contributed by atoms with Gasteiger partial charge in [0.05, 0.1) is 10.9 Å². The maximum atomic E-state index is 12.2. The second-order valence-electron chi connectivity index (χ2n) is 5.93. The second-order valence-corrected chi connectivity index (χ2v) is 7.64. The number of hydrogen-bond donors (Lipinski definition) is 3. The number of hydrogen-bond acceptors (Lipinski definition) is 4. The van der Waals surface area contributed by atoms with Crippen molar-refractivity contribution < 1.29 is 13.2 Å². The van der Waals surface area contributed by atoms with Gasteiger partial charge in [0.1, 0.15) is 0 Å². The van der Waals surface area contributed by atoms with Gasteiger partial charge in [-0.2, -0.15) is 4.72 Å². The summed E-state index contributed by atoms with van der Waals surface area (Å²) in [6.07, 6.45) is 0. The molecule has 0 saturated heterocycles. The molecule has 1 atom stereocenters. The fourth-order valence-electron chi connectivity index (χ4n) is 1.64. The largest absolute Gasteiger partial charge is 0.350 e. The Hall–Kier alpha value is -1.44. The van der Waals surface area contributed by atoms with Crippen LogP contribution in [0.1, 0.15) is 33.3 Å². The summed E-state index contributed by atoms with van der Waals surface area (Å²) in [5, 5.41) is 2.73. The zero-order valence-electron chi connectivity index (χ0n) is 12.8. The van der Waals surface area contributed by atoms with Crippen molar-refractivity contribution in [2.45, 2.75) is 50.7 Å². The molecule has 1 amide bonds. The van der Waals surface area contributed by atoms with Gasteiger partial charge in [0.25, 0.3) is 0 Å². The van der Waals surface area contributed by atoms with E-state index in [0.29, 0.717) is 6.54 Å². The van der Waals surface area contributed by atoms with Gasteiger partial charge in [0.2, 0.25) is 15.9 Å². The van der Waals surface area contributed by atoms with Gasteiger partial charge >= 0.3 is 0 Å². The van der Waals surface area contributed by atoms with Crippen LogP contribution in [0.5, 0.6) is 0 Å². The van der Waals surface area contributed by atoms with Crippen LogP contribution in [0, 0.1) is 0 Å². The highest BCUT2D eigenvalue weighted by atomic mass is 32.2. The van der Waals surface area contributed by atoms with E-state index in [9.17, 15) is 13.2 Å². The van der Waals surface area contributed by atoms with Crippen molar-refractivity contribution in [1.82, 2.24) is 10.0 Å². The van der Waals surface area contributed by atoms with Crippen molar-refractivity contribution >= 4 is 15.9 Å². The maximum absolute atomic E-state index is 12.2. The summed E-state index contributed by atoms with van der Waals surface area (Å²) in [5.41, 5.74) is 5.89. The summed E-state index contributed by atoms with van der Waals surface area (Å²) in [6.45, 7) is 7.35. The molecule has 1 rings (SSSR count). The van der Waals surface area contributed by atoms with E-state index in [2.05, 4.69) is 10.0 Å². The van der Waals surface area contributed by atoms with Gasteiger partial charge in [-0.3, -0.25) is 4.79 Å². The van der Waals surface area contributed by atoms with Crippen LogP contribution in [0.15, 0.2) is 29.2 Å². The number of carbonyl (C=O) groups is 1. The van der Waals surface area contributed by atoms with E-state index in [-0.39, 0.29) is 10.8 Å². The van der Waals surface area contributed by atoms with Crippen LogP contribution in [-0.2, 0) is 21.4 Å². The van der Waals surface area contributed by atoms with Crippen molar-refractivity contribution in [3.05, 3.63) is 29.8 Å². The molecular weight excluding hydrogens is 290 g/mol. The van der Waals surface area contributed by atoms with Crippen LogP contribution >= 0.6 is 0 Å². The Bertz CT molecular complexity index is 589. The first kappa shape index (κ1) is 17.6. The molecule has 0 saturated carbocycles. The number of carbonyl (C=O) groups excluding carboxylic acids is 1. The molecule has 0 bridgehead atoms. The van der Waals surface area contributed by atoms with Crippen LogP contribution in [0.25, 0.3) is 0 Å². The monoisotopic (exact) mass is 313 g/mol. The first-order valence-electron chi connectivity index (χ1n) is 6.68. The van der Waals surface area contributed by atoms with Crippen molar-refractivity contribution in [3.8, 4) is 0 Å². The van der Waals surface area contributed by atoms with Crippen LogP contribution < -0.4 is 15.8 Å². The quantitative estimate of drug-likeness (QED) is 0.745. The lowest BCUT2D eigenvalue weighted by atomic mass is 10.1. The molecule has 0 spiro atoms. The molecule has 1 aromatic rings. The van der Waals surface area contributed by atoms with Crippen LogP contribution in [-0.4, -0.2) is 25.9 Å². The number of nitrogens with one attached hydrogen (secondary N) is 2. The van der Waals surface area contributed by atoms with Gasteiger partial charge in [-0.1, -0.05) is 12.1 Å². The molecule has 0 aliphatic rings. The van der Waals surface area contributed by atoms with Gasteiger partial charge in [-0.15, -0.1) is 0 Å². The molecule has 6 nitrogen and oxygen atoms in total. The smallest absolute Gasteiger partial charge is 0.241 e. The highest BCUT2D eigenvalue weighted by molar-refractivity contribution is 7.89. The molecule has 0 aromatic heterocycles. The molecule has 0 aliphatic carbocycles. The molecule has 4 N–H and O–H groups in total. The standard InChI is InChI=1S/C14H23N3O3S/c1-10(13(18)16-14(2,3)4)17-21(19,20)12-7-5-11(9-15)6-8-12/h5-8,10,17H,9,15H2,1-4H3,(H,16,18). The molecule has 118 valence electrons. The molecule has 1 aromatic carbocycles. The first-order valence-corrected chi connectivity index (χ1v) is 8.17. The number of nitrogens with two attached hydrogens (primary N) is 1. The summed E-state index contributed by atoms with van der Waals surface area (Å²) in [7, 11) is -3.74. The van der Waals surface area contributed by atoms with Gasteiger partial charge in [-0.25, -0.2) is 8.42 Å². The maximum Gasteiger partial charge on any atom is 0.241 e. The number of rotatable bonds is 5. The first-order chi connectivity index (χ1) is 9.55. The van der Waals surface area contributed by atoms with Crippen LogP contribution in [0.3, 0.4) is 0 Å². The highest BCUT2D eigenvalue weighted by Gasteiger charge is 2.24. The Morgan fingerprint density at radius 2 is 1.76 bits per heavy atom. The summed E-state index contributed by atoms with van der Waals surface area (Å²) in [6, 6.07) is 5.38. The highest BCUT2D eigenvalue weighted by Crippen LogP contribution is 2.11. The molecule has 7 heteroatoms. The predicted molar refractivity (Wildman–Crippen MR) is 82.0 cm³/mol. The Labute approximate surface area is 126 Å². The van der Waals surface area contributed by atoms with Crippen molar-refractivity contribution in [1.29, 1.82) is 0 Å². The Balaban J connectivity index is 2.81. The summed E-state index contributed by atoms with van der Waals surface area (Å²) in [5.74, 6) is -0.371. The third kappa shape index (κ3) is 5.45. The Kier molecular flexibility index (Phi) is 5.49. The minimum Gasteiger partial charge on any atom is -0.350 e. The zero-order valence-corrected chi connectivity index (χ0v) is 13.6. The molecule has 0 fully saturated rings. The summed E-state index contributed by atoms with van der Waals surface area (Å²) in [4.78, 5) is 12.0. The molecule has 21 heavy (non-hydrogen) atoms. The molecule has 1 unspecified atom stereocenters. The number of amides is 1. The number of sulfonamides is 1. The van der Waals surface area contributed by atoms with Crippen LogP contribution in [0.2, 0.25) is 0 Å². The van der Waals surface area contributed by atoms with Gasteiger partial charge < -0.3 is 11.1 Å². The van der Waals surface area contributed by atoms with Gasteiger partial charge in [-0.05, 0) is 45.4 Å². The second kappa shape index (κ2) is 6.55. The van der Waals surface area contributed by atoms with Crippen molar-refractivity contribution in [2.75, 3.05) is 0 Å². The lowest BCUT2D eigenvalue weighted by Crippen LogP contribution is -2.50. The molecule has 0 heterocycles. The SMILES string of the molecule is CC(NS(=O)(=O)c1ccc(CN)cc1)C(=O)NC(C)(C)C. The van der Waals surface area contributed by atoms with Gasteiger partial charge in [0.15, 0.2) is 0 Å². The minimum absolute atomic E-state index is 0.107. The Morgan fingerprint density at radius 3 is 2.19 bits per heavy atom. The lowest BCUT2D eigenvalue weighted by molar-refractivity contribution is -0.123. The van der Waals surface area contributed by atoms with E-state index in [1.807, 2.05) is 20.8 Å². The van der Waals surface area contributed by atoms with E-state index in [4.69, 9.17) is 5.73 Å². The lowest BCUT2D eigenvalue weighted by Gasteiger charge is -2.23. The van der Waals surface area contributed by atoms with E-state index in [1.54, 1.807) is 12.1 Å². The fourth-order valence-corrected chi connectivity index (χ4v) is 2.84. The van der Waals surface area contributed by atoms with Crippen molar-refractivity contribution in [3.63, 3.8) is 0 Å². The third-order valence-electron chi connectivity index (χ3n) is 2.69. The van der Waals surface area contributed by atoms with E-state index >= 15 is 0 Å². The van der Waals surface area contributed by atoms with Gasteiger partial charge in [0, 0.05) is 12.1 Å². The van der Waals surface area contributed by atoms with E-state index < -0.39 is 21.6 Å².